The van der Waals surface area contributed by atoms with E-state index in [-0.39, 0.29) is 11.9 Å². The zero-order valence-corrected chi connectivity index (χ0v) is 10.0. The fourth-order valence-corrected chi connectivity index (χ4v) is 2.34. The number of nitrogens with one attached hydrogen (secondary N) is 2. The third-order valence-corrected chi connectivity index (χ3v) is 3.29. The van der Waals surface area contributed by atoms with Crippen LogP contribution in [0.5, 0.6) is 0 Å². The van der Waals surface area contributed by atoms with Gasteiger partial charge in [0.2, 0.25) is 0 Å². The molecule has 1 amide bonds. The monoisotopic (exact) mass is 241 g/mol. The Kier molecular flexibility index (Phi) is 2.94. The Morgan fingerprint density at radius 3 is 3.11 bits per heavy atom. The van der Waals surface area contributed by atoms with Gasteiger partial charge in [-0.1, -0.05) is 12.1 Å². The quantitative estimate of drug-likeness (QED) is 0.834. The number of nitrogens with zero attached hydrogens (tertiary/aromatic N) is 1. The normalized spacial score (nSPS) is 19.0. The summed E-state index contributed by atoms with van der Waals surface area (Å²) >= 11 is 0. The second kappa shape index (κ2) is 4.74. The highest BCUT2D eigenvalue weighted by molar-refractivity contribution is 6.06. The number of rotatable bonds is 2. The van der Waals surface area contributed by atoms with Crippen molar-refractivity contribution < 1.29 is 4.79 Å². The minimum Gasteiger partial charge on any atom is -0.348 e. The Balaban J connectivity index is 1.91. The minimum atomic E-state index is -0.0118. The van der Waals surface area contributed by atoms with Gasteiger partial charge in [-0.25, -0.2) is 0 Å². The van der Waals surface area contributed by atoms with Crippen molar-refractivity contribution in [1.29, 1.82) is 0 Å². The first kappa shape index (κ1) is 11.2. The predicted molar refractivity (Wildman–Crippen MR) is 70.5 cm³/mol. The molecule has 4 nitrogen and oxygen atoms in total. The number of aromatic nitrogens is 1. The summed E-state index contributed by atoms with van der Waals surface area (Å²) in [4.78, 5) is 16.5. The summed E-state index contributed by atoms with van der Waals surface area (Å²) in [6.45, 7) is 1.83. The van der Waals surface area contributed by atoms with Crippen molar-refractivity contribution in [2.45, 2.75) is 12.5 Å². The fraction of sp³-hybridized carbons (Fsp3) is 0.286. The fourth-order valence-electron chi connectivity index (χ4n) is 2.34. The molecule has 0 radical (unpaired) electrons. The van der Waals surface area contributed by atoms with Crippen LogP contribution in [0, 0.1) is 0 Å². The molecule has 0 saturated carbocycles. The van der Waals surface area contributed by atoms with E-state index in [0.717, 1.165) is 30.4 Å². The molecule has 1 aliphatic rings. The molecular weight excluding hydrogens is 226 g/mol. The molecule has 2 N–H and O–H groups in total. The molecule has 1 saturated heterocycles. The molecule has 4 heteroatoms. The van der Waals surface area contributed by atoms with E-state index in [1.807, 2.05) is 30.3 Å². The second-order valence-corrected chi connectivity index (χ2v) is 4.54. The van der Waals surface area contributed by atoms with Crippen molar-refractivity contribution in [2.24, 2.45) is 0 Å². The molecule has 0 bridgehead atoms. The lowest BCUT2D eigenvalue weighted by Crippen LogP contribution is -2.36. The van der Waals surface area contributed by atoms with Gasteiger partial charge in [0.05, 0.1) is 5.52 Å². The highest BCUT2D eigenvalue weighted by atomic mass is 16.1. The summed E-state index contributed by atoms with van der Waals surface area (Å²) in [5, 5.41) is 7.20. The van der Waals surface area contributed by atoms with Crippen molar-refractivity contribution >= 4 is 16.8 Å². The van der Waals surface area contributed by atoms with E-state index in [1.54, 1.807) is 6.20 Å². The van der Waals surface area contributed by atoms with Crippen LogP contribution < -0.4 is 10.6 Å². The van der Waals surface area contributed by atoms with E-state index in [4.69, 9.17) is 0 Å². The van der Waals surface area contributed by atoms with Gasteiger partial charge in [0.25, 0.3) is 5.91 Å². The van der Waals surface area contributed by atoms with Gasteiger partial charge in [-0.3, -0.25) is 9.78 Å². The van der Waals surface area contributed by atoms with Gasteiger partial charge >= 0.3 is 0 Å². The number of pyridine rings is 1. The van der Waals surface area contributed by atoms with Gasteiger partial charge < -0.3 is 10.6 Å². The average Bonchev–Trinajstić information content (AvgIpc) is 2.91. The third kappa shape index (κ3) is 2.07. The Labute approximate surface area is 105 Å². The zero-order valence-electron chi connectivity index (χ0n) is 10.0. The standard InChI is InChI=1S/C14H15N3O/c18-14(17-10-6-8-15-9-10)12-3-1-5-13-11(12)4-2-7-16-13/h1-5,7,10,15H,6,8-9H2,(H,17,18)/t10-/m0/s1. The Hall–Kier alpha value is -1.94. The lowest BCUT2D eigenvalue weighted by Gasteiger charge is -2.12. The molecule has 2 aromatic rings. The van der Waals surface area contributed by atoms with Gasteiger partial charge in [0.1, 0.15) is 0 Å². The SMILES string of the molecule is O=C(N[C@H]1CCNC1)c1cccc2ncccc12. The maximum Gasteiger partial charge on any atom is 0.252 e. The number of amides is 1. The van der Waals surface area contributed by atoms with Crippen LogP contribution in [0.2, 0.25) is 0 Å². The lowest BCUT2D eigenvalue weighted by atomic mass is 10.1. The maximum atomic E-state index is 12.2. The first-order chi connectivity index (χ1) is 8.84. The molecule has 92 valence electrons. The van der Waals surface area contributed by atoms with Crippen molar-refractivity contribution in [2.75, 3.05) is 13.1 Å². The molecule has 1 atom stereocenters. The van der Waals surface area contributed by atoms with Gasteiger partial charge in [-0.15, -0.1) is 0 Å². The van der Waals surface area contributed by atoms with E-state index in [2.05, 4.69) is 15.6 Å². The minimum absolute atomic E-state index is 0.0118. The van der Waals surface area contributed by atoms with Gasteiger partial charge in [0.15, 0.2) is 0 Å². The molecule has 1 aliphatic heterocycles. The molecule has 1 aromatic carbocycles. The average molecular weight is 241 g/mol. The number of benzene rings is 1. The Morgan fingerprint density at radius 1 is 1.33 bits per heavy atom. The number of carbonyl (C=O) groups is 1. The molecule has 1 fully saturated rings. The number of hydrogen-bond donors (Lipinski definition) is 2. The van der Waals surface area contributed by atoms with Crippen LogP contribution in [0.15, 0.2) is 36.5 Å². The van der Waals surface area contributed by atoms with Gasteiger partial charge in [-0.05, 0) is 31.2 Å². The largest absolute Gasteiger partial charge is 0.348 e. The Morgan fingerprint density at radius 2 is 2.28 bits per heavy atom. The topological polar surface area (TPSA) is 54.0 Å². The molecule has 0 aliphatic carbocycles. The summed E-state index contributed by atoms with van der Waals surface area (Å²) in [6, 6.07) is 9.67. The van der Waals surface area contributed by atoms with Crippen LogP contribution in [0.1, 0.15) is 16.8 Å². The van der Waals surface area contributed by atoms with E-state index in [1.165, 1.54) is 0 Å². The van der Waals surface area contributed by atoms with Crippen molar-refractivity contribution in [3.8, 4) is 0 Å². The highest BCUT2D eigenvalue weighted by Crippen LogP contribution is 2.16. The van der Waals surface area contributed by atoms with Crippen LogP contribution in [-0.4, -0.2) is 30.0 Å². The van der Waals surface area contributed by atoms with Gasteiger partial charge in [-0.2, -0.15) is 0 Å². The summed E-state index contributed by atoms with van der Waals surface area (Å²) in [5.41, 5.74) is 1.56. The molecule has 3 rings (SSSR count). The van der Waals surface area contributed by atoms with Crippen LogP contribution in [0.3, 0.4) is 0 Å². The van der Waals surface area contributed by atoms with E-state index in [9.17, 15) is 4.79 Å². The molecule has 18 heavy (non-hydrogen) atoms. The summed E-state index contributed by atoms with van der Waals surface area (Å²) in [7, 11) is 0. The molecule has 0 unspecified atom stereocenters. The molecule has 1 aromatic heterocycles. The summed E-state index contributed by atoms with van der Waals surface area (Å²) in [5.74, 6) is -0.0118. The predicted octanol–water partition coefficient (Wildman–Crippen LogP) is 1.33. The van der Waals surface area contributed by atoms with E-state index >= 15 is 0 Å². The first-order valence-electron chi connectivity index (χ1n) is 6.20. The summed E-state index contributed by atoms with van der Waals surface area (Å²) < 4.78 is 0. The summed E-state index contributed by atoms with van der Waals surface area (Å²) in [6.07, 6.45) is 2.74. The molecular formula is C14H15N3O. The number of fused-ring (bicyclic) bond motifs is 1. The smallest absolute Gasteiger partial charge is 0.252 e. The first-order valence-corrected chi connectivity index (χ1v) is 6.20. The van der Waals surface area contributed by atoms with E-state index < -0.39 is 0 Å². The maximum absolute atomic E-state index is 12.2. The third-order valence-electron chi connectivity index (χ3n) is 3.29. The van der Waals surface area contributed by atoms with Crippen molar-refractivity contribution in [1.82, 2.24) is 15.6 Å². The van der Waals surface area contributed by atoms with Crippen LogP contribution in [0.4, 0.5) is 0 Å². The molecule has 0 spiro atoms. The van der Waals surface area contributed by atoms with E-state index in [0.29, 0.717) is 5.56 Å². The second-order valence-electron chi connectivity index (χ2n) is 4.54. The highest BCUT2D eigenvalue weighted by Gasteiger charge is 2.18. The van der Waals surface area contributed by atoms with Crippen molar-refractivity contribution in [3.05, 3.63) is 42.1 Å². The number of hydrogen-bond acceptors (Lipinski definition) is 3. The van der Waals surface area contributed by atoms with Crippen LogP contribution in [-0.2, 0) is 0 Å². The lowest BCUT2D eigenvalue weighted by molar-refractivity contribution is 0.0941. The molecule has 2 heterocycles. The Bertz CT molecular complexity index is 571. The van der Waals surface area contributed by atoms with Crippen LogP contribution >= 0.6 is 0 Å². The van der Waals surface area contributed by atoms with Crippen molar-refractivity contribution in [3.63, 3.8) is 0 Å². The van der Waals surface area contributed by atoms with Gasteiger partial charge in [0, 0.05) is 29.7 Å². The van der Waals surface area contributed by atoms with Crippen LogP contribution in [0.25, 0.3) is 10.9 Å². The zero-order chi connectivity index (χ0) is 12.4. The number of carbonyl (C=O) groups excluding carboxylic acids is 1.